The van der Waals surface area contributed by atoms with E-state index in [0.29, 0.717) is 6.54 Å². The van der Waals surface area contributed by atoms with Gasteiger partial charge in [0.05, 0.1) is 5.52 Å². The molecule has 4 rings (SSSR count). The van der Waals surface area contributed by atoms with Crippen LogP contribution in [0.15, 0.2) is 89.2 Å². The van der Waals surface area contributed by atoms with E-state index in [2.05, 4.69) is 27.3 Å². The predicted octanol–water partition coefficient (Wildman–Crippen LogP) is 4.91. The second-order valence-electron chi connectivity index (χ2n) is 6.30. The lowest BCUT2D eigenvalue weighted by atomic mass is 10.1. The molecule has 1 amide bonds. The van der Waals surface area contributed by atoms with Gasteiger partial charge >= 0.3 is 5.91 Å². The van der Waals surface area contributed by atoms with Crippen molar-refractivity contribution in [2.24, 2.45) is 10.2 Å². The topological polar surface area (TPSA) is 79.8 Å². The fourth-order valence-electron chi connectivity index (χ4n) is 3.12. The van der Waals surface area contributed by atoms with Gasteiger partial charge in [-0.2, -0.15) is 0 Å². The first kappa shape index (κ1) is 17.6. The Morgan fingerprint density at radius 3 is 2.50 bits per heavy atom. The van der Waals surface area contributed by atoms with E-state index in [1.54, 1.807) is 22.8 Å². The van der Waals surface area contributed by atoms with Crippen molar-refractivity contribution in [3.05, 3.63) is 90.3 Å². The van der Waals surface area contributed by atoms with Crippen molar-refractivity contribution < 1.29 is 9.90 Å². The Bertz CT molecular complexity index is 1140. The van der Waals surface area contributed by atoms with Crippen molar-refractivity contribution in [1.82, 2.24) is 9.55 Å². The van der Waals surface area contributed by atoms with E-state index in [-0.39, 0.29) is 17.3 Å². The summed E-state index contributed by atoms with van der Waals surface area (Å²) in [5, 5.41) is 19.3. The Hall–Kier alpha value is -3.80. The smallest absolute Gasteiger partial charge is 0.313 e. The van der Waals surface area contributed by atoms with Gasteiger partial charge in [-0.25, -0.2) is 0 Å². The average molecular weight is 370 g/mol. The van der Waals surface area contributed by atoms with Crippen molar-refractivity contribution >= 4 is 22.5 Å². The standard InChI is InChI=1S/C22H18N4O2/c27-21(18-11-6-7-14-23-18)25-24-20-17-10-4-5-12-19(17)26(22(20)28)15-13-16-8-2-1-3-9-16/h1-12,14,28H,13,15H2. The molecule has 0 saturated heterocycles. The Kier molecular flexibility index (Phi) is 4.93. The van der Waals surface area contributed by atoms with Crippen molar-refractivity contribution in [1.29, 1.82) is 0 Å². The van der Waals surface area contributed by atoms with Crippen LogP contribution in [-0.2, 0) is 13.0 Å². The summed E-state index contributed by atoms with van der Waals surface area (Å²) in [7, 11) is 0. The normalized spacial score (nSPS) is 11.3. The minimum absolute atomic E-state index is 0.00491. The van der Waals surface area contributed by atoms with Crippen LogP contribution >= 0.6 is 0 Å². The molecule has 0 fully saturated rings. The van der Waals surface area contributed by atoms with Gasteiger partial charge in [-0.05, 0) is 30.2 Å². The maximum atomic E-state index is 12.2. The van der Waals surface area contributed by atoms with Gasteiger partial charge in [0, 0.05) is 18.1 Å². The number of nitrogens with zero attached hydrogens (tertiary/aromatic N) is 4. The third kappa shape index (κ3) is 3.53. The fraction of sp³-hybridized carbons (Fsp3) is 0.0909. The number of pyridine rings is 1. The van der Waals surface area contributed by atoms with Gasteiger partial charge in [0.25, 0.3) is 0 Å². The molecule has 0 unspecified atom stereocenters. The van der Waals surface area contributed by atoms with E-state index in [0.717, 1.165) is 17.3 Å². The molecule has 0 bridgehead atoms. The number of benzene rings is 2. The van der Waals surface area contributed by atoms with Gasteiger partial charge in [-0.15, -0.1) is 10.2 Å². The summed E-state index contributed by atoms with van der Waals surface area (Å²) >= 11 is 0. The quantitative estimate of drug-likeness (QED) is 0.507. The van der Waals surface area contributed by atoms with Crippen molar-refractivity contribution in [2.45, 2.75) is 13.0 Å². The van der Waals surface area contributed by atoms with Gasteiger partial charge in [-0.3, -0.25) is 9.78 Å². The number of fused-ring (bicyclic) bond motifs is 1. The summed E-state index contributed by atoms with van der Waals surface area (Å²) in [5.41, 5.74) is 2.51. The van der Waals surface area contributed by atoms with E-state index < -0.39 is 5.91 Å². The number of azo groups is 1. The van der Waals surface area contributed by atoms with Crippen LogP contribution < -0.4 is 0 Å². The zero-order chi connectivity index (χ0) is 19.3. The molecule has 0 aliphatic heterocycles. The highest BCUT2D eigenvalue weighted by Gasteiger charge is 2.17. The summed E-state index contributed by atoms with van der Waals surface area (Å²) in [6, 6.07) is 22.6. The molecule has 0 spiro atoms. The molecular formula is C22H18N4O2. The van der Waals surface area contributed by atoms with Gasteiger partial charge in [-0.1, -0.05) is 54.6 Å². The van der Waals surface area contributed by atoms with Gasteiger partial charge in [0.1, 0.15) is 5.69 Å². The largest absolute Gasteiger partial charge is 0.493 e. The van der Waals surface area contributed by atoms with E-state index in [1.807, 2.05) is 42.5 Å². The Morgan fingerprint density at radius 1 is 0.964 bits per heavy atom. The van der Waals surface area contributed by atoms with Crippen LogP contribution in [0.3, 0.4) is 0 Å². The number of aromatic hydroxyl groups is 1. The molecule has 2 aromatic heterocycles. The van der Waals surface area contributed by atoms with Crippen LogP contribution in [0.5, 0.6) is 5.88 Å². The van der Waals surface area contributed by atoms with Gasteiger partial charge in [0.2, 0.25) is 5.88 Å². The molecule has 28 heavy (non-hydrogen) atoms. The molecule has 2 heterocycles. The number of aromatic nitrogens is 2. The minimum atomic E-state index is -0.555. The zero-order valence-corrected chi connectivity index (χ0v) is 15.1. The van der Waals surface area contributed by atoms with Crippen molar-refractivity contribution in [3.63, 3.8) is 0 Å². The highest BCUT2D eigenvalue weighted by Crippen LogP contribution is 2.39. The van der Waals surface area contributed by atoms with Gasteiger partial charge in [0.15, 0.2) is 5.69 Å². The second kappa shape index (κ2) is 7.84. The number of para-hydroxylation sites is 1. The molecule has 0 saturated carbocycles. The molecule has 2 aromatic carbocycles. The van der Waals surface area contributed by atoms with E-state index >= 15 is 0 Å². The van der Waals surface area contributed by atoms with E-state index in [9.17, 15) is 9.90 Å². The van der Waals surface area contributed by atoms with Crippen molar-refractivity contribution in [3.8, 4) is 5.88 Å². The summed E-state index contributed by atoms with van der Waals surface area (Å²) in [6.07, 6.45) is 2.28. The third-order valence-corrected chi connectivity index (χ3v) is 4.51. The minimum Gasteiger partial charge on any atom is -0.493 e. The SMILES string of the molecule is O=C(N=Nc1c(O)n(CCc2ccccc2)c2ccccc12)c1ccccn1. The first-order valence-electron chi connectivity index (χ1n) is 8.95. The lowest BCUT2D eigenvalue weighted by molar-refractivity contribution is 0.0990. The average Bonchev–Trinajstić information content (AvgIpc) is 3.02. The number of hydrogen-bond acceptors (Lipinski definition) is 4. The Balaban J connectivity index is 1.66. The molecule has 6 nitrogen and oxygen atoms in total. The summed E-state index contributed by atoms with van der Waals surface area (Å²) < 4.78 is 1.79. The lowest BCUT2D eigenvalue weighted by Crippen LogP contribution is -2.00. The van der Waals surface area contributed by atoms with E-state index in [4.69, 9.17) is 0 Å². The number of carbonyl (C=O) groups is 1. The monoisotopic (exact) mass is 370 g/mol. The van der Waals surface area contributed by atoms with Crippen LogP contribution in [0.25, 0.3) is 10.9 Å². The number of aryl methyl sites for hydroxylation is 2. The zero-order valence-electron chi connectivity index (χ0n) is 15.1. The molecule has 0 radical (unpaired) electrons. The van der Waals surface area contributed by atoms with Crippen LogP contribution in [0.1, 0.15) is 16.1 Å². The maximum Gasteiger partial charge on any atom is 0.313 e. The highest BCUT2D eigenvalue weighted by atomic mass is 16.3. The first-order chi connectivity index (χ1) is 13.7. The van der Waals surface area contributed by atoms with Gasteiger partial charge < -0.3 is 9.67 Å². The number of rotatable bonds is 5. The predicted molar refractivity (Wildman–Crippen MR) is 107 cm³/mol. The molecule has 0 aliphatic rings. The summed E-state index contributed by atoms with van der Waals surface area (Å²) in [5.74, 6) is -0.559. The van der Waals surface area contributed by atoms with Crippen LogP contribution in [0.4, 0.5) is 5.69 Å². The van der Waals surface area contributed by atoms with Crippen LogP contribution in [0.2, 0.25) is 0 Å². The van der Waals surface area contributed by atoms with E-state index in [1.165, 1.54) is 11.8 Å². The molecule has 138 valence electrons. The first-order valence-corrected chi connectivity index (χ1v) is 8.95. The fourth-order valence-corrected chi connectivity index (χ4v) is 3.12. The third-order valence-electron chi connectivity index (χ3n) is 4.51. The Labute approximate surface area is 161 Å². The number of hydrogen-bond donors (Lipinski definition) is 1. The number of carbonyl (C=O) groups excluding carboxylic acids is 1. The molecule has 0 atom stereocenters. The van der Waals surface area contributed by atoms with Crippen LogP contribution in [0, 0.1) is 0 Å². The molecule has 6 heteroatoms. The second-order valence-corrected chi connectivity index (χ2v) is 6.30. The maximum absolute atomic E-state index is 12.2. The Morgan fingerprint density at radius 2 is 1.71 bits per heavy atom. The van der Waals surface area contributed by atoms with Crippen LogP contribution in [-0.4, -0.2) is 20.6 Å². The molecule has 0 aliphatic carbocycles. The number of amides is 1. The molecule has 1 N–H and O–H groups in total. The molecular weight excluding hydrogens is 352 g/mol. The molecule has 4 aromatic rings. The summed E-state index contributed by atoms with van der Waals surface area (Å²) in [4.78, 5) is 16.1. The highest BCUT2D eigenvalue weighted by molar-refractivity contribution is 5.96. The van der Waals surface area contributed by atoms with Crippen molar-refractivity contribution in [2.75, 3.05) is 0 Å². The summed E-state index contributed by atoms with van der Waals surface area (Å²) in [6.45, 7) is 0.583. The lowest BCUT2D eigenvalue weighted by Gasteiger charge is -2.07.